The molecule has 0 spiro atoms. The molecule has 0 saturated heterocycles. The van der Waals surface area contributed by atoms with Crippen molar-refractivity contribution >= 4 is 5.97 Å². The zero-order chi connectivity index (χ0) is 13.0. The van der Waals surface area contributed by atoms with Crippen molar-refractivity contribution in [2.24, 2.45) is 0 Å². The molecule has 1 N–H and O–H groups in total. The molecule has 1 aromatic carbocycles. The van der Waals surface area contributed by atoms with E-state index in [0.29, 0.717) is 12.0 Å². The number of methoxy groups -OCH3 is 1. The fourth-order valence-electron chi connectivity index (χ4n) is 1.71. The van der Waals surface area contributed by atoms with Crippen molar-refractivity contribution in [3.8, 4) is 5.75 Å². The Kier molecular flexibility index (Phi) is 3.57. The molecule has 0 radical (unpaired) electrons. The highest BCUT2D eigenvalue weighted by Crippen LogP contribution is 2.24. The van der Waals surface area contributed by atoms with Gasteiger partial charge in [0.15, 0.2) is 0 Å². The van der Waals surface area contributed by atoms with Crippen LogP contribution in [-0.4, -0.2) is 23.2 Å². The molecule has 0 aliphatic rings. The Morgan fingerprint density at radius 3 is 2.78 bits per heavy atom. The van der Waals surface area contributed by atoms with Gasteiger partial charge in [-0.25, -0.2) is 4.79 Å². The summed E-state index contributed by atoms with van der Waals surface area (Å²) in [6.07, 6.45) is 2.16. The molecule has 0 unspecified atom stereocenters. The van der Waals surface area contributed by atoms with Crippen LogP contribution in [0.3, 0.4) is 0 Å². The van der Waals surface area contributed by atoms with E-state index in [-0.39, 0.29) is 11.3 Å². The van der Waals surface area contributed by atoms with Crippen LogP contribution < -0.4 is 0 Å². The van der Waals surface area contributed by atoms with Gasteiger partial charge in [-0.15, -0.1) is 0 Å². The van der Waals surface area contributed by atoms with Crippen molar-refractivity contribution in [3.63, 3.8) is 0 Å². The van der Waals surface area contributed by atoms with Crippen LogP contribution in [0.25, 0.3) is 0 Å². The molecule has 0 aliphatic heterocycles. The minimum Gasteiger partial charge on any atom is -0.507 e. The highest BCUT2D eigenvalue weighted by Gasteiger charge is 2.14. The summed E-state index contributed by atoms with van der Waals surface area (Å²) in [5.74, 6) is -0.592. The first-order chi connectivity index (χ1) is 8.72. The number of phenolic OH excluding ortho intramolecular Hbond substituents is 1. The minimum atomic E-state index is -0.546. The summed E-state index contributed by atoms with van der Waals surface area (Å²) in [7, 11) is 1.28. The Bertz CT molecular complexity index is 552. The van der Waals surface area contributed by atoms with Crippen LogP contribution in [0.1, 0.15) is 21.6 Å². The van der Waals surface area contributed by atoms with E-state index in [1.807, 2.05) is 18.2 Å². The van der Waals surface area contributed by atoms with Crippen molar-refractivity contribution in [1.82, 2.24) is 4.98 Å². The Balaban J connectivity index is 2.32. The monoisotopic (exact) mass is 243 g/mol. The number of aromatic nitrogens is 1. The van der Waals surface area contributed by atoms with Gasteiger partial charge in [0.05, 0.1) is 7.11 Å². The molecule has 4 heteroatoms. The number of ether oxygens (including phenoxy) is 1. The molecule has 0 saturated carbocycles. The van der Waals surface area contributed by atoms with Gasteiger partial charge in [0.2, 0.25) is 0 Å². The van der Waals surface area contributed by atoms with Gasteiger partial charge in [0.25, 0.3) is 0 Å². The fraction of sp³-hybridized carbons (Fsp3) is 0.143. The summed E-state index contributed by atoms with van der Waals surface area (Å²) in [6, 6.07) is 10.6. The molecule has 18 heavy (non-hydrogen) atoms. The lowest BCUT2D eigenvalue weighted by molar-refractivity contribution is 0.0597. The van der Waals surface area contributed by atoms with Gasteiger partial charge in [-0.05, 0) is 18.2 Å². The topological polar surface area (TPSA) is 59.4 Å². The lowest BCUT2D eigenvalue weighted by atomic mass is 10.0. The predicted octanol–water partition coefficient (Wildman–Crippen LogP) is 2.16. The minimum absolute atomic E-state index is 0.0463. The molecule has 1 aromatic heterocycles. The van der Waals surface area contributed by atoms with E-state index in [0.717, 1.165) is 5.69 Å². The second kappa shape index (κ2) is 5.31. The molecule has 2 aromatic rings. The summed E-state index contributed by atoms with van der Waals surface area (Å²) in [6.45, 7) is 0. The van der Waals surface area contributed by atoms with Crippen molar-refractivity contribution in [2.75, 3.05) is 7.11 Å². The Hall–Kier alpha value is -2.36. The maximum Gasteiger partial charge on any atom is 0.341 e. The van der Waals surface area contributed by atoms with Crippen LogP contribution >= 0.6 is 0 Å². The van der Waals surface area contributed by atoms with Crippen molar-refractivity contribution in [1.29, 1.82) is 0 Å². The number of carbonyl (C=O) groups excluding carboxylic acids is 1. The summed E-state index contributed by atoms with van der Waals surface area (Å²) in [5, 5.41) is 10.0. The van der Waals surface area contributed by atoms with E-state index in [4.69, 9.17) is 0 Å². The van der Waals surface area contributed by atoms with E-state index >= 15 is 0 Å². The maximum atomic E-state index is 11.4. The maximum absolute atomic E-state index is 11.4. The van der Waals surface area contributed by atoms with Gasteiger partial charge in [0, 0.05) is 23.9 Å². The van der Waals surface area contributed by atoms with Crippen LogP contribution in [0, 0.1) is 0 Å². The molecule has 0 atom stereocenters. The molecule has 1 heterocycles. The second-order valence-corrected chi connectivity index (χ2v) is 3.80. The van der Waals surface area contributed by atoms with Crippen LogP contribution in [-0.2, 0) is 11.2 Å². The molecular weight excluding hydrogens is 230 g/mol. The van der Waals surface area contributed by atoms with Crippen molar-refractivity contribution < 1.29 is 14.6 Å². The van der Waals surface area contributed by atoms with E-state index in [1.54, 1.807) is 18.3 Å². The normalized spacial score (nSPS) is 10.1. The van der Waals surface area contributed by atoms with Gasteiger partial charge < -0.3 is 9.84 Å². The first-order valence-corrected chi connectivity index (χ1v) is 5.51. The zero-order valence-electron chi connectivity index (χ0n) is 9.96. The van der Waals surface area contributed by atoms with E-state index in [9.17, 15) is 9.90 Å². The van der Waals surface area contributed by atoms with Gasteiger partial charge in [0.1, 0.15) is 11.3 Å². The fourth-order valence-corrected chi connectivity index (χ4v) is 1.71. The molecule has 0 bridgehead atoms. The lowest BCUT2D eigenvalue weighted by Crippen LogP contribution is -2.03. The third-order valence-electron chi connectivity index (χ3n) is 2.62. The number of para-hydroxylation sites is 1. The average molecular weight is 243 g/mol. The number of hydrogen-bond donors (Lipinski definition) is 1. The standard InChI is InChI=1S/C14H13NO3/c1-18-14(17)12-7-4-5-10(13(12)16)9-11-6-2-3-8-15-11/h2-8,16H,9H2,1H3. The van der Waals surface area contributed by atoms with Gasteiger partial charge in [-0.3, -0.25) is 4.98 Å². The SMILES string of the molecule is COC(=O)c1cccc(Cc2ccccn2)c1O. The largest absolute Gasteiger partial charge is 0.507 e. The van der Waals surface area contributed by atoms with Crippen molar-refractivity contribution in [3.05, 3.63) is 59.4 Å². The number of esters is 1. The number of carbonyl (C=O) groups is 1. The van der Waals surface area contributed by atoms with E-state index in [1.165, 1.54) is 13.2 Å². The third-order valence-corrected chi connectivity index (χ3v) is 2.62. The molecule has 0 fully saturated rings. The Morgan fingerprint density at radius 2 is 2.11 bits per heavy atom. The van der Waals surface area contributed by atoms with Crippen LogP contribution in [0.15, 0.2) is 42.6 Å². The zero-order valence-corrected chi connectivity index (χ0v) is 9.96. The number of phenols is 1. The van der Waals surface area contributed by atoms with E-state index < -0.39 is 5.97 Å². The lowest BCUT2D eigenvalue weighted by Gasteiger charge is -2.08. The predicted molar refractivity (Wildman–Crippen MR) is 66.5 cm³/mol. The van der Waals surface area contributed by atoms with Gasteiger partial charge in [-0.2, -0.15) is 0 Å². The molecule has 92 valence electrons. The Morgan fingerprint density at radius 1 is 1.28 bits per heavy atom. The highest BCUT2D eigenvalue weighted by molar-refractivity contribution is 5.92. The number of benzene rings is 1. The number of rotatable bonds is 3. The first-order valence-electron chi connectivity index (χ1n) is 5.51. The smallest absolute Gasteiger partial charge is 0.341 e. The summed E-state index contributed by atoms with van der Waals surface area (Å²) in [5.41, 5.74) is 1.65. The molecule has 0 aliphatic carbocycles. The summed E-state index contributed by atoms with van der Waals surface area (Å²) < 4.78 is 4.61. The van der Waals surface area contributed by atoms with Crippen molar-refractivity contribution in [2.45, 2.75) is 6.42 Å². The highest BCUT2D eigenvalue weighted by atomic mass is 16.5. The average Bonchev–Trinajstić information content (AvgIpc) is 2.41. The second-order valence-electron chi connectivity index (χ2n) is 3.80. The Labute approximate surface area is 105 Å². The number of nitrogens with zero attached hydrogens (tertiary/aromatic N) is 1. The van der Waals surface area contributed by atoms with Crippen LogP contribution in [0.5, 0.6) is 5.75 Å². The number of pyridine rings is 1. The summed E-state index contributed by atoms with van der Waals surface area (Å²) in [4.78, 5) is 15.6. The number of hydrogen-bond acceptors (Lipinski definition) is 4. The molecular formula is C14H13NO3. The summed E-state index contributed by atoms with van der Waals surface area (Å²) >= 11 is 0. The molecule has 4 nitrogen and oxygen atoms in total. The molecule has 0 amide bonds. The van der Waals surface area contributed by atoms with E-state index in [2.05, 4.69) is 9.72 Å². The van der Waals surface area contributed by atoms with Crippen LogP contribution in [0.2, 0.25) is 0 Å². The first kappa shape index (κ1) is 12.1. The quantitative estimate of drug-likeness (QED) is 0.839. The van der Waals surface area contributed by atoms with Crippen LogP contribution in [0.4, 0.5) is 0 Å². The van der Waals surface area contributed by atoms with Gasteiger partial charge >= 0.3 is 5.97 Å². The van der Waals surface area contributed by atoms with Gasteiger partial charge in [-0.1, -0.05) is 18.2 Å². The molecule has 2 rings (SSSR count). The number of aromatic hydroxyl groups is 1. The third kappa shape index (κ3) is 2.48.